The molecule has 0 saturated carbocycles. The number of rotatable bonds is 4. The van der Waals surface area contributed by atoms with E-state index in [0.717, 1.165) is 5.56 Å². The molecule has 1 aromatic rings. The van der Waals surface area contributed by atoms with Crippen LogP contribution in [0, 0.1) is 0 Å². The van der Waals surface area contributed by atoms with E-state index in [-0.39, 0.29) is 18.1 Å². The van der Waals surface area contributed by atoms with Crippen LogP contribution >= 0.6 is 0 Å². The Morgan fingerprint density at radius 1 is 1.40 bits per heavy atom. The highest BCUT2D eigenvalue weighted by atomic mass is 19.3. The fourth-order valence-electron chi connectivity index (χ4n) is 1.05. The summed E-state index contributed by atoms with van der Waals surface area (Å²) in [6.45, 7) is 5.32. The van der Waals surface area contributed by atoms with Crippen LogP contribution in [0.3, 0.4) is 0 Å². The van der Waals surface area contributed by atoms with Crippen molar-refractivity contribution in [2.45, 2.75) is 39.2 Å². The molecule has 1 aromatic heterocycles. The lowest BCUT2D eigenvalue weighted by Crippen LogP contribution is -2.23. The molecular formula is C11H15F2NO. The Bertz CT molecular complexity index is 326. The van der Waals surface area contributed by atoms with Crippen molar-refractivity contribution in [1.82, 2.24) is 4.98 Å². The second-order valence-corrected chi connectivity index (χ2v) is 3.70. The van der Waals surface area contributed by atoms with Gasteiger partial charge in [0.05, 0.1) is 6.20 Å². The maximum Gasteiger partial charge on any atom is 0.397 e. The summed E-state index contributed by atoms with van der Waals surface area (Å²) < 4.78 is 30.4. The molecule has 2 nitrogen and oxygen atoms in total. The van der Waals surface area contributed by atoms with Crippen LogP contribution in [0.2, 0.25) is 0 Å². The fraction of sp³-hybridized carbons (Fsp3) is 0.545. The van der Waals surface area contributed by atoms with Gasteiger partial charge >= 0.3 is 6.11 Å². The molecule has 0 aliphatic rings. The molecule has 0 spiro atoms. The second-order valence-electron chi connectivity index (χ2n) is 3.70. The fourth-order valence-corrected chi connectivity index (χ4v) is 1.05. The van der Waals surface area contributed by atoms with Crippen LogP contribution in [0.5, 0.6) is 5.75 Å². The van der Waals surface area contributed by atoms with E-state index >= 15 is 0 Å². The molecule has 15 heavy (non-hydrogen) atoms. The average molecular weight is 215 g/mol. The first-order chi connectivity index (χ1) is 6.94. The van der Waals surface area contributed by atoms with Gasteiger partial charge in [-0.15, -0.1) is 0 Å². The standard InChI is InChI=1S/C11H15F2NO/c1-4-11(12,13)15-10-5-9(8(2)3)6-14-7-10/h5-8H,4H2,1-3H3. The quantitative estimate of drug-likeness (QED) is 0.765. The van der Waals surface area contributed by atoms with E-state index in [9.17, 15) is 8.78 Å². The van der Waals surface area contributed by atoms with E-state index in [1.807, 2.05) is 13.8 Å². The van der Waals surface area contributed by atoms with Crippen LogP contribution in [0.15, 0.2) is 18.5 Å². The molecule has 0 aromatic carbocycles. The highest BCUT2D eigenvalue weighted by Gasteiger charge is 2.28. The number of hydrogen-bond acceptors (Lipinski definition) is 2. The predicted molar refractivity (Wildman–Crippen MR) is 54.2 cm³/mol. The lowest BCUT2D eigenvalue weighted by Gasteiger charge is -2.16. The highest BCUT2D eigenvalue weighted by molar-refractivity contribution is 5.25. The Balaban J connectivity index is 2.82. The smallest absolute Gasteiger partial charge is 0.397 e. The van der Waals surface area contributed by atoms with E-state index in [4.69, 9.17) is 0 Å². The van der Waals surface area contributed by atoms with Gasteiger partial charge in [0.25, 0.3) is 0 Å². The summed E-state index contributed by atoms with van der Waals surface area (Å²) in [6.07, 6.45) is -0.507. The normalized spacial score (nSPS) is 11.9. The molecule has 0 fully saturated rings. The van der Waals surface area contributed by atoms with Crippen molar-refractivity contribution in [3.63, 3.8) is 0 Å². The molecule has 0 radical (unpaired) electrons. The highest BCUT2D eigenvalue weighted by Crippen LogP contribution is 2.25. The summed E-state index contributed by atoms with van der Waals surface area (Å²) in [5, 5.41) is 0. The van der Waals surface area contributed by atoms with Crippen molar-refractivity contribution in [3.8, 4) is 5.75 Å². The Labute approximate surface area is 88.3 Å². The van der Waals surface area contributed by atoms with Crippen molar-refractivity contribution in [2.75, 3.05) is 0 Å². The molecule has 0 saturated heterocycles. The summed E-state index contributed by atoms with van der Waals surface area (Å²) in [5.41, 5.74) is 0.888. The van der Waals surface area contributed by atoms with Crippen LogP contribution in [0.25, 0.3) is 0 Å². The number of aromatic nitrogens is 1. The molecule has 0 bridgehead atoms. The number of ether oxygens (including phenoxy) is 1. The van der Waals surface area contributed by atoms with Crippen molar-refractivity contribution in [3.05, 3.63) is 24.0 Å². The van der Waals surface area contributed by atoms with E-state index < -0.39 is 6.11 Å². The van der Waals surface area contributed by atoms with Crippen molar-refractivity contribution in [1.29, 1.82) is 0 Å². The third-order valence-electron chi connectivity index (χ3n) is 2.08. The number of alkyl halides is 2. The maximum absolute atomic E-state index is 12.9. The third kappa shape index (κ3) is 3.46. The summed E-state index contributed by atoms with van der Waals surface area (Å²) in [7, 11) is 0. The minimum absolute atomic E-state index is 0.119. The molecular weight excluding hydrogens is 200 g/mol. The van der Waals surface area contributed by atoms with Gasteiger partial charge in [0.1, 0.15) is 5.75 Å². The number of pyridine rings is 1. The lowest BCUT2D eigenvalue weighted by molar-refractivity contribution is -0.177. The number of halogens is 2. The van der Waals surface area contributed by atoms with Crippen LogP contribution in [0.4, 0.5) is 8.78 Å². The van der Waals surface area contributed by atoms with Gasteiger partial charge in [0.2, 0.25) is 0 Å². The topological polar surface area (TPSA) is 22.1 Å². The van der Waals surface area contributed by atoms with Gasteiger partial charge < -0.3 is 4.74 Å². The number of nitrogens with zero attached hydrogens (tertiary/aromatic N) is 1. The van der Waals surface area contributed by atoms with E-state index in [1.165, 1.54) is 13.1 Å². The van der Waals surface area contributed by atoms with E-state index in [0.29, 0.717) is 0 Å². The first-order valence-electron chi connectivity index (χ1n) is 4.96. The third-order valence-corrected chi connectivity index (χ3v) is 2.08. The number of hydrogen-bond donors (Lipinski definition) is 0. The molecule has 0 aliphatic carbocycles. The van der Waals surface area contributed by atoms with E-state index in [2.05, 4.69) is 9.72 Å². The summed E-state index contributed by atoms with van der Waals surface area (Å²) >= 11 is 0. The summed E-state index contributed by atoms with van der Waals surface area (Å²) in [5.74, 6) is 0.365. The van der Waals surface area contributed by atoms with Gasteiger partial charge in [-0.1, -0.05) is 20.8 Å². The molecule has 1 heterocycles. The Hall–Kier alpha value is -1.19. The Morgan fingerprint density at radius 2 is 2.07 bits per heavy atom. The van der Waals surface area contributed by atoms with Crippen molar-refractivity contribution >= 4 is 0 Å². The zero-order valence-corrected chi connectivity index (χ0v) is 9.13. The van der Waals surface area contributed by atoms with Crippen molar-refractivity contribution < 1.29 is 13.5 Å². The minimum atomic E-state index is -3.11. The van der Waals surface area contributed by atoms with Crippen molar-refractivity contribution in [2.24, 2.45) is 0 Å². The first-order valence-corrected chi connectivity index (χ1v) is 4.96. The molecule has 0 atom stereocenters. The van der Waals surface area contributed by atoms with Gasteiger partial charge in [0, 0.05) is 12.6 Å². The predicted octanol–water partition coefficient (Wildman–Crippen LogP) is 3.59. The molecule has 0 aliphatic heterocycles. The van der Waals surface area contributed by atoms with Gasteiger partial charge in [-0.2, -0.15) is 8.78 Å². The van der Waals surface area contributed by atoms with Gasteiger partial charge in [-0.3, -0.25) is 4.98 Å². The molecule has 0 amide bonds. The monoisotopic (exact) mass is 215 g/mol. The summed E-state index contributed by atoms with van der Waals surface area (Å²) in [4.78, 5) is 3.87. The lowest BCUT2D eigenvalue weighted by atomic mass is 10.1. The van der Waals surface area contributed by atoms with Crippen LogP contribution in [-0.2, 0) is 0 Å². The molecule has 0 N–H and O–H groups in total. The zero-order chi connectivity index (χ0) is 11.5. The van der Waals surface area contributed by atoms with E-state index in [1.54, 1.807) is 12.3 Å². The Morgan fingerprint density at radius 3 is 2.60 bits per heavy atom. The molecule has 0 unspecified atom stereocenters. The van der Waals surface area contributed by atoms with Crippen LogP contribution in [-0.4, -0.2) is 11.1 Å². The minimum Gasteiger partial charge on any atom is -0.431 e. The SMILES string of the molecule is CCC(F)(F)Oc1cncc(C(C)C)c1. The van der Waals surface area contributed by atoms with Crippen LogP contribution in [0.1, 0.15) is 38.7 Å². The van der Waals surface area contributed by atoms with Gasteiger partial charge in [0.15, 0.2) is 0 Å². The van der Waals surface area contributed by atoms with Crippen LogP contribution < -0.4 is 4.74 Å². The largest absolute Gasteiger partial charge is 0.431 e. The molecule has 84 valence electrons. The second kappa shape index (κ2) is 4.55. The molecule has 4 heteroatoms. The first kappa shape index (κ1) is 11.9. The average Bonchev–Trinajstić information content (AvgIpc) is 2.17. The molecule has 1 rings (SSSR count). The maximum atomic E-state index is 12.9. The summed E-state index contributed by atoms with van der Waals surface area (Å²) in [6, 6.07) is 1.60. The van der Waals surface area contributed by atoms with Gasteiger partial charge in [-0.05, 0) is 17.5 Å². The zero-order valence-electron chi connectivity index (χ0n) is 9.13. The van der Waals surface area contributed by atoms with Gasteiger partial charge in [-0.25, -0.2) is 0 Å². The Kier molecular flexibility index (Phi) is 3.61.